The Labute approximate surface area is 146 Å². The van der Waals surface area contributed by atoms with Gasteiger partial charge in [0.05, 0.1) is 17.3 Å². The van der Waals surface area contributed by atoms with Crippen LogP contribution in [0.1, 0.15) is 59.9 Å². The maximum absolute atomic E-state index is 12.6. The lowest BCUT2D eigenvalue weighted by molar-refractivity contribution is 0.0950. The molecule has 1 fully saturated rings. The lowest BCUT2D eigenvalue weighted by atomic mass is 10.0. The molecular weight excluding hydrogens is 314 g/mol. The molecule has 0 radical (unpaired) electrons. The van der Waals surface area contributed by atoms with E-state index >= 15 is 0 Å². The first-order valence-corrected chi connectivity index (χ1v) is 8.76. The van der Waals surface area contributed by atoms with Crippen molar-refractivity contribution in [3.05, 3.63) is 35.4 Å². The van der Waals surface area contributed by atoms with E-state index < -0.39 is 0 Å². The molecule has 2 aliphatic rings. The Bertz CT molecular complexity index is 894. The number of aromatic nitrogens is 2. The van der Waals surface area contributed by atoms with Gasteiger partial charge in [0.1, 0.15) is 5.82 Å². The molecule has 2 aromatic rings. The largest absolute Gasteiger partial charge is 0.352 e. The molecule has 1 aliphatic carbocycles. The average molecular weight is 335 g/mol. The highest BCUT2D eigenvalue weighted by Crippen LogP contribution is 2.40. The molecule has 128 valence electrons. The van der Waals surface area contributed by atoms with Gasteiger partial charge in [-0.1, -0.05) is 0 Å². The number of carbonyl (C=O) groups excluding carboxylic acids is 1. The van der Waals surface area contributed by atoms with Crippen molar-refractivity contribution in [3.63, 3.8) is 0 Å². The first-order chi connectivity index (χ1) is 12.1. The summed E-state index contributed by atoms with van der Waals surface area (Å²) < 4.78 is 2.12. The summed E-state index contributed by atoms with van der Waals surface area (Å²) in [4.78, 5) is 17.1. The predicted molar refractivity (Wildman–Crippen MR) is 94.5 cm³/mol. The maximum atomic E-state index is 12.6. The second kappa shape index (κ2) is 5.99. The SMILES string of the molecule is C#CCCC1(CCNC(=O)c2ccc3cnc(C4CC4)n3c2C)N=N1. The van der Waals surface area contributed by atoms with Gasteiger partial charge < -0.3 is 5.32 Å². The van der Waals surface area contributed by atoms with E-state index in [-0.39, 0.29) is 11.6 Å². The minimum Gasteiger partial charge on any atom is -0.352 e. The van der Waals surface area contributed by atoms with Gasteiger partial charge in [0.25, 0.3) is 5.91 Å². The molecule has 1 amide bonds. The van der Waals surface area contributed by atoms with Crippen LogP contribution in [0.4, 0.5) is 0 Å². The van der Waals surface area contributed by atoms with E-state index in [0.717, 1.165) is 23.5 Å². The van der Waals surface area contributed by atoms with Crippen LogP contribution in [0.2, 0.25) is 0 Å². The zero-order valence-corrected chi connectivity index (χ0v) is 14.3. The van der Waals surface area contributed by atoms with Gasteiger partial charge in [-0.2, -0.15) is 10.2 Å². The Morgan fingerprint density at radius 2 is 2.20 bits per heavy atom. The lowest BCUT2D eigenvalue weighted by Gasteiger charge is -2.13. The summed E-state index contributed by atoms with van der Waals surface area (Å²) in [6.07, 6.45) is 11.6. The van der Waals surface area contributed by atoms with Crippen LogP contribution in [0.5, 0.6) is 0 Å². The Morgan fingerprint density at radius 3 is 2.88 bits per heavy atom. The number of pyridine rings is 1. The van der Waals surface area contributed by atoms with Crippen molar-refractivity contribution in [2.45, 2.75) is 50.6 Å². The third-order valence-corrected chi connectivity index (χ3v) is 5.01. The van der Waals surface area contributed by atoms with E-state index in [1.165, 1.54) is 12.8 Å². The van der Waals surface area contributed by atoms with Gasteiger partial charge >= 0.3 is 0 Å². The topological polar surface area (TPSA) is 71.1 Å². The minimum atomic E-state index is -0.359. The van der Waals surface area contributed by atoms with Crippen LogP contribution in [-0.4, -0.2) is 27.5 Å². The van der Waals surface area contributed by atoms with Crippen molar-refractivity contribution < 1.29 is 4.79 Å². The number of aryl methyl sites for hydroxylation is 1. The van der Waals surface area contributed by atoms with Gasteiger partial charge in [0.2, 0.25) is 0 Å². The summed E-state index contributed by atoms with van der Waals surface area (Å²) in [7, 11) is 0. The van der Waals surface area contributed by atoms with Crippen LogP contribution in [0.15, 0.2) is 28.6 Å². The second-order valence-electron chi connectivity index (χ2n) is 6.88. The number of nitrogens with one attached hydrogen (secondary N) is 1. The molecule has 1 aliphatic heterocycles. The zero-order valence-electron chi connectivity index (χ0n) is 14.3. The number of carbonyl (C=O) groups is 1. The molecule has 6 heteroatoms. The Morgan fingerprint density at radius 1 is 1.40 bits per heavy atom. The predicted octanol–water partition coefficient (Wildman–Crippen LogP) is 3.22. The zero-order chi connectivity index (χ0) is 17.4. The average Bonchev–Trinajstić information content (AvgIpc) is 3.53. The van der Waals surface area contributed by atoms with Crippen molar-refractivity contribution in [1.82, 2.24) is 14.7 Å². The van der Waals surface area contributed by atoms with Gasteiger partial charge in [-0.25, -0.2) is 4.98 Å². The number of terminal acetylenes is 1. The molecule has 0 atom stereocenters. The van der Waals surface area contributed by atoms with Crippen LogP contribution in [0, 0.1) is 19.3 Å². The first kappa shape index (κ1) is 15.8. The highest BCUT2D eigenvalue weighted by atomic mass is 16.1. The van der Waals surface area contributed by atoms with Gasteiger partial charge in [-0.3, -0.25) is 9.20 Å². The van der Waals surface area contributed by atoms with Gasteiger partial charge in [0.15, 0.2) is 5.66 Å². The molecule has 4 rings (SSSR count). The Kier molecular flexibility index (Phi) is 3.79. The van der Waals surface area contributed by atoms with Crippen molar-refractivity contribution in [2.75, 3.05) is 6.54 Å². The molecule has 1 N–H and O–H groups in total. The molecule has 6 nitrogen and oxygen atoms in total. The molecule has 0 aromatic carbocycles. The van der Waals surface area contributed by atoms with E-state index in [0.29, 0.717) is 30.9 Å². The number of hydrogen-bond acceptors (Lipinski definition) is 4. The molecule has 0 spiro atoms. The van der Waals surface area contributed by atoms with Gasteiger partial charge in [0, 0.05) is 37.4 Å². The van der Waals surface area contributed by atoms with Crippen LogP contribution >= 0.6 is 0 Å². The van der Waals surface area contributed by atoms with Crippen molar-refractivity contribution >= 4 is 11.4 Å². The quantitative estimate of drug-likeness (QED) is 0.789. The highest BCUT2D eigenvalue weighted by molar-refractivity contribution is 5.95. The molecule has 3 heterocycles. The highest BCUT2D eigenvalue weighted by Gasteiger charge is 2.38. The normalized spacial score (nSPS) is 17.4. The minimum absolute atomic E-state index is 0.0670. The van der Waals surface area contributed by atoms with Crippen LogP contribution < -0.4 is 5.32 Å². The third kappa shape index (κ3) is 3.02. The number of amides is 1. The molecule has 25 heavy (non-hydrogen) atoms. The summed E-state index contributed by atoms with van der Waals surface area (Å²) in [6.45, 7) is 2.52. The number of fused-ring (bicyclic) bond motifs is 1. The first-order valence-electron chi connectivity index (χ1n) is 8.76. The summed E-state index contributed by atoms with van der Waals surface area (Å²) in [5.74, 6) is 4.16. The van der Waals surface area contributed by atoms with E-state index in [9.17, 15) is 4.79 Å². The fourth-order valence-electron chi connectivity index (χ4n) is 3.28. The summed E-state index contributed by atoms with van der Waals surface area (Å²) >= 11 is 0. The fourth-order valence-corrected chi connectivity index (χ4v) is 3.28. The summed E-state index contributed by atoms with van der Waals surface area (Å²) in [6, 6.07) is 3.83. The molecular formula is C19H21N5O. The number of imidazole rings is 1. The number of rotatable bonds is 7. The Balaban J connectivity index is 1.44. The van der Waals surface area contributed by atoms with E-state index in [2.05, 4.69) is 30.9 Å². The van der Waals surface area contributed by atoms with Crippen molar-refractivity contribution in [1.29, 1.82) is 0 Å². The van der Waals surface area contributed by atoms with Crippen LogP contribution in [-0.2, 0) is 0 Å². The summed E-state index contributed by atoms with van der Waals surface area (Å²) in [5.41, 5.74) is 2.31. The molecule has 0 unspecified atom stereocenters. The maximum Gasteiger partial charge on any atom is 0.253 e. The van der Waals surface area contributed by atoms with Gasteiger partial charge in [-0.15, -0.1) is 12.3 Å². The molecule has 0 bridgehead atoms. The van der Waals surface area contributed by atoms with E-state index in [1.807, 2.05) is 25.3 Å². The van der Waals surface area contributed by atoms with Crippen LogP contribution in [0.25, 0.3) is 5.52 Å². The third-order valence-electron chi connectivity index (χ3n) is 5.01. The van der Waals surface area contributed by atoms with Crippen molar-refractivity contribution in [2.24, 2.45) is 10.2 Å². The Hall–Kier alpha value is -2.68. The summed E-state index contributed by atoms with van der Waals surface area (Å²) in [5, 5.41) is 11.2. The molecule has 2 aromatic heterocycles. The van der Waals surface area contributed by atoms with E-state index in [1.54, 1.807) is 0 Å². The lowest BCUT2D eigenvalue weighted by Crippen LogP contribution is -2.29. The monoisotopic (exact) mass is 335 g/mol. The van der Waals surface area contributed by atoms with Crippen LogP contribution in [0.3, 0.4) is 0 Å². The standard InChI is InChI=1S/C19H21N5O/c1-3-4-9-19(22-23-19)10-11-20-18(25)16-8-7-15-12-21-17(14-5-6-14)24(15)13(16)2/h1,7-8,12,14H,4-6,9-11H2,2H3,(H,20,25). The van der Waals surface area contributed by atoms with Gasteiger partial charge in [-0.05, 0) is 31.9 Å². The smallest absolute Gasteiger partial charge is 0.253 e. The van der Waals surface area contributed by atoms with E-state index in [4.69, 9.17) is 6.42 Å². The number of nitrogens with zero attached hydrogens (tertiary/aromatic N) is 4. The number of hydrogen-bond donors (Lipinski definition) is 1. The molecule has 0 saturated heterocycles. The second-order valence-corrected chi connectivity index (χ2v) is 6.88. The van der Waals surface area contributed by atoms with Crippen molar-refractivity contribution in [3.8, 4) is 12.3 Å². The fraction of sp³-hybridized carbons (Fsp3) is 0.474. The molecule has 1 saturated carbocycles.